The number of aryl methyl sites for hydroxylation is 1. The fourth-order valence-corrected chi connectivity index (χ4v) is 4.22. The van der Waals surface area contributed by atoms with Gasteiger partial charge in [-0.2, -0.15) is 0 Å². The Morgan fingerprint density at radius 2 is 1.94 bits per heavy atom. The van der Waals surface area contributed by atoms with Gasteiger partial charge >= 0.3 is 6.09 Å². The summed E-state index contributed by atoms with van der Waals surface area (Å²) in [5.74, 6) is 0.943. The second-order valence-corrected chi connectivity index (χ2v) is 10.3. The molecule has 0 bridgehead atoms. The molecule has 2 aliphatic rings. The minimum atomic E-state index is -0.522. The maximum atomic E-state index is 14.7. The molecule has 3 heterocycles. The van der Waals surface area contributed by atoms with Gasteiger partial charge in [-0.3, -0.25) is 0 Å². The number of rotatable bonds is 7. The van der Waals surface area contributed by atoms with Crippen LogP contribution in [0.2, 0.25) is 0 Å². The second kappa shape index (κ2) is 10.6. The van der Waals surface area contributed by atoms with Gasteiger partial charge in [0.25, 0.3) is 0 Å². The Morgan fingerprint density at radius 3 is 2.54 bits per heavy atom. The number of aromatic nitrogens is 2. The fourth-order valence-electron chi connectivity index (χ4n) is 4.22. The zero-order chi connectivity index (χ0) is 25.0. The first-order valence-corrected chi connectivity index (χ1v) is 12.4. The van der Waals surface area contributed by atoms with Crippen LogP contribution >= 0.6 is 0 Å². The molecule has 35 heavy (non-hydrogen) atoms. The molecule has 0 unspecified atom stereocenters. The van der Waals surface area contributed by atoms with Gasteiger partial charge in [-0.15, -0.1) is 0 Å². The Morgan fingerprint density at radius 1 is 1.20 bits per heavy atom. The lowest BCUT2D eigenvalue weighted by molar-refractivity contribution is 0.0270. The molecule has 1 fully saturated rings. The van der Waals surface area contributed by atoms with Crippen LogP contribution in [0, 0.1) is 11.7 Å². The van der Waals surface area contributed by atoms with Crippen molar-refractivity contribution in [1.29, 1.82) is 0 Å². The van der Waals surface area contributed by atoms with E-state index in [9.17, 15) is 9.18 Å². The Bertz CT molecular complexity index is 1060. The van der Waals surface area contributed by atoms with E-state index in [0.717, 1.165) is 48.6 Å². The molecule has 0 saturated carbocycles. The number of carbonyl (C=O) groups excluding carboxylic acids is 1. The lowest BCUT2D eigenvalue weighted by atomic mass is 9.99. The highest BCUT2D eigenvalue weighted by Gasteiger charge is 2.29. The molecule has 8 heteroatoms. The minimum Gasteiger partial charge on any atom is -0.490 e. The van der Waals surface area contributed by atoms with Crippen molar-refractivity contribution in [3.8, 4) is 5.75 Å². The number of halogens is 1. The van der Waals surface area contributed by atoms with Crippen molar-refractivity contribution in [3.05, 3.63) is 53.6 Å². The molecule has 1 aromatic carbocycles. The summed E-state index contributed by atoms with van der Waals surface area (Å²) in [6, 6.07) is 5.09. The van der Waals surface area contributed by atoms with Gasteiger partial charge in [-0.1, -0.05) is 25.5 Å². The van der Waals surface area contributed by atoms with Gasteiger partial charge in [0.15, 0.2) is 11.6 Å². The largest absolute Gasteiger partial charge is 0.490 e. The zero-order valence-electron chi connectivity index (χ0n) is 21.1. The normalized spacial score (nSPS) is 16.5. The third kappa shape index (κ3) is 6.50. The van der Waals surface area contributed by atoms with Gasteiger partial charge in [-0.05, 0) is 62.4 Å². The number of nitrogens with zero attached hydrogens (tertiary/aromatic N) is 4. The third-order valence-electron chi connectivity index (χ3n) is 6.11. The lowest BCUT2D eigenvalue weighted by Crippen LogP contribution is -2.50. The molecule has 2 aromatic rings. The maximum absolute atomic E-state index is 14.7. The van der Waals surface area contributed by atoms with Crippen molar-refractivity contribution in [2.75, 3.05) is 37.7 Å². The first kappa shape index (κ1) is 24.9. The standard InChI is InChI=1S/C27H35FN4O3/c1-5-6-19-14-29-25(30-15-19)32-16-20(17-32)18-34-24-8-7-22(13-23(24)28)21-9-11-31(12-10-21)26(33)35-27(2,3)4/h7-9,13-15,20H,5-6,10-12,16-18H2,1-4H3. The molecule has 1 amide bonds. The molecule has 0 N–H and O–H groups in total. The highest BCUT2D eigenvalue weighted by atomic mass is 19.1. The first-order chi connectivity index (χ1) is 16.7. The number of carbonyl (C=O) groups is 1. The monoisotopic (exact) mass is 482 g/mol. The summed E-state index contributed by atoms with van der Waals surface area (Å²) in [5.41, 5.74) is 2.47. The molecule has 2 aliphatic heterocycles. The van der Waals surface area contributed by atoms with Crippen LogP contribution in [0.5, 0.6) is 5.75 Å². The summed E-state index contributed by atoms with van der Waals surface area (Å²) in [6.07, 6.45) is 8.14. The highest BCUT2D eigenvalue weighted by Crippen LogP contribution is 2.28. The van der Waals surface area contributed by atoms with E-state index in [1.54, 1.807) is 11.0 Å². The van der Waals surface area contributed by atoms with E-state index >= 15 is 0 Å². The average Bonchev–Trinajstić information content (AvgIpc) is 2.79. The molecule has 1 aromatic heterocycles. The third-order valence-corrected chi connectivity index (χ3v) is 6.11. The molecule has 0 spiro atoms. The number of hydrogen-bond donors (Lipinski definition) is 0. The molecule has 0 aliphatic carbocycles. The van der Waals surface area contributed by atoms with E-state index in [1.165, 1.54) is 6.07 Å². The number of benzene rings is 1. The van der Waals surface area contributed by atoms with Crippen LogP contribution in [0.15, 0.2) is 36.7 Å². The molecule has 0 radical (unpaired) electrons. The van der Waals surface area contributed by atoms with E-state index in [1.807, 2.05) is 45.3 Å². The van der Waals surface area contributed by atoms with E-state index < -0.39 is 5.60 Å². The molecular formula is C27H35FN4O3. The van der Waals surface area contributed by atoms with Crippen LogP contribution in [-0.2, 0) is 11.2 Å². The van der Waals surface area contributed by atoms with Gasteiger partial charge in [-0.25, -0.2) is 19.2 Å². The summed E-state index contributed by atoms with van der Waals surface area (Å²) in [7, 11) is 0. The zero-order valence-corrected chi connectivity index (χ0v) is 21.1. The second-order valence-electron chi connectivity index (χ2n) is 10.3. The Hall–Kier alpha value is -3.16. The number of ether oxygens (including phenoxy) is 2. The highest BCUT2D eigenvalue weighted by molar-refractivity contribution is 5.73. The van der Waals surface area contributed by atoms with E-state index in [-0.39, 0.29) is 17.7 Å². The molecule has 4 rings (SSSR count). The van der Waals surface area contributed by atoms with Gasteiger partial charge < -0.3 is 19.3 Å². The van der Waals surface area contributed by atoms with Crippen LogP contribution in [0.25, 0.3) is 5.57 Å². The summed E-state index contributed by atoms with van der Waals surface area (Å²) in [5, 5.41) is 0. The quantitative estimate of drug-likeness (QED) is 0.547. The Balaban J connectivity index is 1.25. The average molecular weight is 483 g/mol. The molecular weight excluding hydrogens is 447 g/mol. The van der Waals surface area contributed by atoms with Crippen LogP contribution < -0.4 is 9.64 Å². The van der Waals surface area contributed by atoms with Crippen LogP contribution in [-0.4, -0.2) is 59.3 Å². The molecule has 0 atom stereocenters. The van der Waals surface area contributed by atoms with Crippen molar-refractivity contribution in [3.63, 3.8) is 0 Å². The van der Waals surface area contributed by atoms with Crippen molar-refractivity contribution in [2.24, 2.45) is 5.92 Å². The fraction of sp³-hybridized carbons (Fsp3) is 0.519. The molecule has 7 nitrogen and oxygen atoms in total. The van der Waals surface area contributed by atoms with E-state index in [2.05, 4.69) is 21.8 Å². The Kier molecular flexibility index (Phi) is 7.57. The van der Waals surface area contributed by atoms with Crippen molar-refractivity contribution >= 4 is 17.6 Å². The number of hydrogen-bond acceptors (Lipinski definition) is 6. The minimum absolute atomic E-state index is 0.263. The predicted molar refractivity (Wildman–Crippen MR) is 134 cm³/mol. The van der Waals surface area contributed by atoms with Crippen molar-refractivity contribution in [1.82, 2.24) is 14.9 Å². The van der Waals surface area contributed by atoms with Gasteiger partial charge in [0.2, 0.25) is 5.95 Å². The number of amides is 1. The number of anilines is 1. The van der Waals surface area contributed by atoms with Crippen molar-refractivity contribution < 1.29 is 18.7 Å². The van der Waals surface area contributed by atoms with Crippen LogP contribution in [0.3, 0.4) is 0 Å². The van der Waals surface area contributed by atoms with Crippen molar-refractivity contribution in [2.45, 2.75) is 52.6 Å². The predicted octanol–water partition coefficient (Wildman–Crippen LogP) is 5.11. The lowest BCUT2D eigenvalue weighted by Gasteiger charge is -2.38. The maximum Gasteiger partial charge on any atom is 0.410 e. The van der Waals surface area contributed by atoms with Crippen LogP contribution in [0.1, 0.15) is 51.7 Å². The summed E-state index contributed by atoms with van der Waals surface area (Å²) in [4.78, 5) is 24.9. The van der Waals surface area contributed by atoms with E-state index in [0.29, 0.717) is 32.0 Å². The van der Waals surface area contributed by atoms with Gasteiger partial charge in [0.05, 0.1) is 6.61 Å². The van der Waals surface area contributed by atoms with Crippen LogP contribution in [0.4, 0.5) is 15.1 Å². The molecule has 1 saturated heterocycles. The Labute approximate surface area is 207 Å². The van der Waals surface area contributed by atoms with Gasteiger partial charge in [0, 0.05) is 44.5 Å². The van der Waals surface area contributed by atoms with Gasteiger partial charge in [0.1, 0.15) is 5.60 Å². The molecule has 188 valence electrons. The first-order valence-electron chi connectivity index (χ1n) is 12.4. The smallest absolute Gasteiger partial charge is 0.410 e. The SMILES string of the molecule is CCCc1cnc(N2CC(COc3ccc(C4=CCN(C(=O)OC(C)(C)C)CC4)cc3F)C2)nc1. The summed E-state index contributed by atoms with van der Waals surface area (Å²) in [6.45, 7) is 10.7. The summed E-state index contributed by atoms with van der Waals surface area (Å²) >= 11 is 0. The van der Waals surface area contributed by atoms with E-state index in [4.69, 9.17) is 9.47 Å². The summed E-state index contributed by atoms with van der Waals surface area (Å²) < 4.78 is 26.0. The topological polar surface area (TPSA) is 67.8 Å².